The molecule has 0 aromatic heterocycles. The van der Waals surface area contributed by atoms with Crippen molar-refractivity contribution in [3.8, 4) is 6.07 Å². The molecule has 7 saturated heterocycles. The molecule has 24 N–H and O–H groups in total. The zero-order valence-corrected chi connectivity index (χ0v) is 85.0. The number of nitriles is 1. The normalized spacial score (nSPS) is 19.1. The van der Waals surface area contributed by atoms with Crippen molar-refractivity contribution in [2.24, 2.45) is 127 Å². The van der Waals surface area contributed by atoms with Crippen molar-refractivity contribution in [3.63, 3.8) is 0 Å². The molecule has 3 atom stereocenters. The Kier molecular flexibility index (Phi) is 89.9. The molecule has 0 aromatic rings. The Labute approximate surface area is 746 Å². The Hall–Kier alpha value is -3.62. The van der Waals surface area contributed by atoms with E-state index in [2.05, 4.69) is 251 Å². The van der Waals surface area contributed by atoms with E-state index in [-0.39, 0.29) is 35.6 Å². The van der Waals surface area contributed by atoms with Gasteiger partial charge in [-0.25, -0.2) is 0 Å². The summed E-state index contributed by atoms with van der Waals surface area (Å²) in [5.41, 5.74) is 43.2. The highest BCUT2D eigenvalue weighted by Gasteiger charge is 2.27. The SMILES string of the molecule is CC(C)C#N.CC(C)C(=N)N.CC(C)C1=CCNCC1.CC(C)C1C=CCCC1.CC(C)CC1CNC1.CC(C)CCN.CC(C)CN=C(N)N.CC(C)N1CC(CN)C1.CC(C)N1CCC(N)C1.CC(C)N1CCCCC1.CC(C)N1CCNCC1.CC(C)N=C(N)N.CC(C)NC1CCNC1.CC(C)NCC1CNC1.CCOCCC(C)C. The van der Waals surface area contributed by atoms with Crippen LogP contribution in [0.5, 0.6) is 0 Å². The molecule has 120 heavy (non-hydrogen) atoms. The van der Waals surface area contributed by atoms with Gasteiger partial charge in [0.2, 0.25) is 0 Å². The molecule has 0 aromatic carbocycles. The lowest BCUT2D eigenvalue weighted by molar-refractivity contribution is 0.0729. The standard InChI is InChI=1S/C9H16.C8H15N.C8H17N.5C7H16N2.C7H15N.C7H16O.C5H13N3.C5H13N.C4H11N3.C4H10N2.C4H7N/c1-8(2)9-6-4-3-5-7-9;1-7(2)8-3-5-9-6-4-8;1-8(2)9-6-4-3-5-7-9;1-6(2)9-4-7(3-8)5-9;1-6(2)9-5-7-3-8-4-7;1-7(2)9-5-3-8-4-6-9;1-6(2)9-4-3-7(8)5-9;1-6(2)9-7-3-4-8-5-7;1-6(2)3-7-4-8-5-7;1-4-8-6-5-7(2)3;1-4(2)3-8-5(6)7;1-5(2)3-4-6;1-3(2)7-4(5)6;1-3(2)4(5)6;1-4(2)3-5/h4,6,8-9H,3,5,7H2,1-2H3;3,7,9H,4-6H2,1-2H3;8H,3-7H2,1-2H3;6-7H,3-5,8H2,1-2H3;6-9H,3-5H2,1-2H3;7-8H,3-6H2,1-2H3;6-7H,3-5,8H2,1-2H3;6-9H,3-5H2,1-2H3;6-8H,3-5H2,1-2H3;7H,4-6H2,1-3H3;4H,3H2,1-2H3,(H4,6,7,8);5H,3-4,6H2,1-2H3;3H,1-2H3,(H4,5,6,7);3H,1-2H3,(H3,5,6);4H,1-2H3. The van der Waals surface area contributed by atoms with Crippen LogP contribution in [0.3, 0.4) is 0 Å². The predicted octanol–water partition coefficient (Wildman–Crippen LogP) is 13.6. The second-order valence-corrected chi connectivity index (χ2v) is 38.8. The van der Waals surface area contributed by atoms with Gasteiger partial charge in [-0.1, -0.05) is 155 Å². The van der Waals surface area contributed by atoms with Gasteiger partial charge in [0.25, 0.3) is 0 Å². The first-order valence-electron chi connectivity index (χ1n) is 48.2. The minimum Gasteiger partial charge on any atom is -0.387 e. The van der Waals surface area contributed by atoms with Crippen LogP contribution in [0.2, 0.25) is 0 Å². The molecule has 24 heteroatoms. The van der Waals surface area contributed by atoms with Gasteiger partial charge in [-0.05, 0) is 279 Å². The fourth-order valence-electron chi connectivity index (χ4n) is 12.4. The number of nitrogens with two attached hydrogens (primary N) is 8. The average Bonchev–Trinajstić information content (AvgIpc) is 1.27. The highest BCUT2D eigenvalue weighted by Crippen LogP contribution is 2.24. The monoisotopic (exact) mass is 1700 g/mol. The highest BCUT2D eigenvalue weighted by molar-refractivity contribution is 5.78. The molecule has 1 aliphatic carbocycles. The third-order valence-corrected chi connectivity index (χ3v) is 20.7. The summed E-state index contributed by atoms with van der Waals surface area (Å²) in [5.74, 6) is 9.14. The summed E-state index contributed by atoms with van der Waals surface area (Å²) in [6.45, 7) is 93.8. The van der Waals surface area contributed by atoms with Crippen LogP contribution >= 0.6 is 0 Å². The van der Waals surface area contributed by atoms with Gasteiger partial charge in [-0.3, -0.25) is 25.2 Å². The molecule has 8 aliphatic heterocycles. The molecule has 9 aliphatic rings. The maximum absolute atomic E-state index is 7.89. The molecule has 24 nitrogen and oxygen atoms in total. The lowest BCUT2D eigenvalue weighted by atomic mass is 9.87. The van der Waals surface area contributed by atoms with Crippen molar-refractivity contribution in [2.45, 2.75) is 346 Å². The third kappa shape index (κ3) is 92.1. The zero-order chi connectivity index (χ0) is 93.1. The number of piperidine rings is 1. The van der Waals surface area contributed by atoms with Crippen LogP contribution in [0.15, 0.2) is 33.8 Å². The van der Waals surface area contributed by atoms with Gasteiger partial charge in [-0.2, -0.15) is 5.26 Å². The number of hydrogen-bond acceptors (Lipinski definition) is 19. The van der Waals surface area contributed by atoms with E-state index in [1.807, 2.05) is 54.5 Å². The van der Waals surface area contributed by atoms with Crippen molar-refractivity contribution < 1.29 is 4.74 Å². The molecule has 3 unspecified atom stereocenters. The van der Waals surface area contributed by atoms with Crippen LogP contribution in [0.1, 0.15) is 292 Å². The minimum absolute atomic E-state index is 0.162. The van der Waals surface area contributed by atoms with E-state index in [9.17, 15) is 0 Å². The predicted molar refractivity (Wildman–Crippen MR) is 533 cm³/mol. The van der Waals surface area contributed by atoms with Crippen molar-refractivity contribution >= 4 is 17.8 Å². The van der Waals surface area contributed by atoms with Crippen LogP contribution in [-0.4, -0.2) is 249 Å². The topological polar surface area (TPSA) is 387 Å². The zero-order valence-electron chi connectivity index (χ0n) is 85.0. The van der Waals surface area contributed by atoms with Gasteiger partial charge in [0.1, 0.15) is 0 Å². The lowest BCUT2D eigenvalue weighted by Crippen LogP contribution is -2.52. The van der Waals surface area contributed by atoms with Gasteiger partial charge in [0, 0.05) is 165 Å². The third-order valence-electron chi connectivity index (χ3n) is 20.7. The Morgan fingerprint density at radius 1 is 0.558 bits per heavy atom. The molecule has 9 rings (SSSR count). The number of guanidine groups is 2. The summed E-state index contributed by atoms with van der Waals surface area (Å²) in [7, 11) is 0. The summed E-state index contributed by atoms with van der Waals surface area (Å²) in [6, 6.07) is 7.58. The first kappa shape index (κ1) is 127. The number of ether oxygens (including phenoxy) is 1. The van der Waals surface area contributed by atoms with Gasteiger partial charge in [0.15, 0.2) is 11.9 Å². The summed E-state index contributed by atoms with van der Waals surface area (Å²) in [5, 5.41) is 38.0. The van der Waals surface area contributed by atoms with Crippen LogP contribution < -0.4 is 83.1 Å². The summed E-state index contributed by atoms with van der Waals surface area (Å²) in [4.78, 5) is 17.5. The molecule has 0 saturated carbocycles. The lowest BCUT2D eigenvalue weighted by Gasteiger charge is -2.41. The van der Waals surface area contributed by atoms with Crippen LogP contribution in [0, 0.1) is 87.8 Å². The van der Waals surface area contributed by atoms with E-state index in [1.165, 1.54) is 162 Å². The summed E-state index contributed by atoms with van der Waals surface area (Å²) in [6.07, 6.45) is 22.9. The Morgan fingerprint density at radius 2 is 1.08 bits per heavy atom. The Morgan fingerprint density at radius 3 is 1.32 bits per heavy atom. The fraction of sp³-hybridized carbons (Fsp3) is 0.917. The van der Waals surface area contributed by atoms with Crippen LogP contribution in [0.25, 0.3) is 0 Å². The average molecular weight is 1710 g/mol. The quantitative estimate of drug-likeness (QED) is 0.0185. The number of likely N-dealkylation sites (tertiary alicyclic amines) is 3. The smallest absolute Gasteiger partial charge is 0.186 e. The van der Waals surface area contributed by atoms with E-state index in [1.54, 1.807) is 5.57 Å². The molecule has 0 spiro atoms. The molecular weight excluding hydrogens is 1490 g/mol. The summed E-state index contributed by atoms with van der Waals surface area (Å²) >= 11 is 0. The second kappa shape index (κ2) is 84.8. The molecule has 0 amide bonds. The van der Waals surface area contributed by atoms with Crippen LogP contribution in [0.4, 0.5) is 0 Å². The molecule has 7 fully saturated rings. The van der Waals surface area contributed by atoms with Gasteiger partial charge in [0.05, 0.1) is 11.9 Å². The largest absolute Gasteiger partial charge is 0.387 e. The molecule has 0 radical (unpaired) electrons. The molecule has 0 bridgehead atoms. The number of amidine groups is 1. The van der Waals surface area contributed by atoms with Crippen molar-refractivity contribution in [1.82, 2.24) is 56.8 Å². The number of piperazine rings is 1. The van der Waals surface area contributed by atoms with Crippen LogP contribution in [-0.2, 0) is 4.74 Å². The van der Waals surface area contributed by atoms with Gasteiger partial charge in [-0.15, -0.1) is 0 Å². The maximum atomic E-state index is 7.89. The Bertz CT molecular complexity index is 2290. The molecular formula is C96H213N23O. The number of nitrogens with zero attached hydrogens (tertiary/aromatic N) is 7. The molecule has 718 valence electrons. The van der Waals surface area contributed by atoms with Crippen molar-refractivity contribution in [2.75, 3.05) is 157 Å². The second-order valence-electron chi connectivity index (χ2n) is 38.8. The van der Waals surface area contributed by atoms with Gasteiger partial charge >= 0.3 is 0 Å². The fourth-order valence-corrected chi connectivity index (χ4v) is 12.4. The number of nitrogens with one attached hydrogen (secondary N) is 8. The number of rotatable bonds is 24. The highest BCUT2D eigenvalue weighted by atomic mass is 16.5. The number of allylic oxidation sites excluding steroid dienone is 2. The minimum atomic E-state index is 0.162. The first-order chi connectivity index (χ1) is 56.2. The van der Waals surface area contributed by atoms with E-state index in [0.717, 1.165) is 143 Å². The van der Waals surface area contributed by atoms with E-state index in [4.69, 9.17) is 61.3 Å². The molecule has 8 heterocycles. The van der Waals surface area contributed by atoms with E-state index >= 15 is 0 Å². The van der Waals surface area contributed by atoms with Gasteiger partial charge < -0.3 is 97.6 Å². The van der Waals surface area contributed by atoms with E-state index < -0.39 is 0 Å². The number of aliphatic imine (C=N–C) groups is 2. The summed E-state index contributed by atoms with van der Waals surface area (Å²) < 4.78 is 5.14. The number of hydrogen-bond donors (Lipinski definition) is 16. The van der Waals surface area contributed by atoms with E-state index in [0.29, 0.717) is 36.1 Å². The maximum Gasteiger partial charge on any atom is 0.186 e. The first-order valence-corrected chi connectivity index (χ1v) is 48.2. The Balaban J connectivity index is -0.000000291. The van der Waals surface area contributed by atoms with Crippen molar-refractivity contribution in [1.29, 1.82) is 10.7 Å². The van der Waals surface area contributed by atoms with Crippen molar-refractivity contribution in [3.05, 3.63) is 23.8 Å².